The van der Waals surface area contributed by atoms with Crippen LogP contribution in [0.5, 0.6) is 0 Å². The van der Waals surface area contributed by atoms with Crippen molar-refractivity contribution in [3.63, 3.8) is 0 Å². The van der Waals surface area contributed by atoms with Crippen LogP contribution in [0.3, 0.4) is 0 Å². The number of hydrogen-bond donors (Lipinski definition) is 2. The molecule has 1 aliphatic rings. The Labute approximate surface area is 128 Å². The lowest BCUT2D eigenvalue weighted by Crippen LogP contribution is -2.37. The number of hydrogen-bond acceptors (Lipinski definition) is 1. The minimum Gasteiger partial charge on any atom is -0.345 e. The van der Waals surface area contributed by atoms with Gasteiger partial charge < -0.3 is 10.2 Å². The van der Waals surface area contributed by atoms with E-state index in [0.29, 0.717) is 18.1 Å². The van der Waals surface area contributed by atoms with Gasteiger partial charge in [0.1, 0.15) is 11.6 Å². The summed E-state index contributed by atoms with van der Waals surface area (Å²) in [4.78, 5) is 1.83. The molecule has 5 heteroatoms. The van der Waals surface area contributed by atoms with Gasteiger partial charge in [-0.05, 0) is 41.8 Å². The molecule has 1 unspecified atom stereocenters. The van der Waals surface area contributed by atoms with Crippen molar-refractivity contribution >= 4 is 5.96 Å². The lowest BCUT2D eigenvalue weighted by molar-refractivity contribution is 0.404. The van der Waals surface area contributed by atoms with Crippen molar-refractivity contribution in [1.82, 2.24) is 10.2 Å². The van der Waals surface area contributed by atoms with E-state index in [-0.39, 0.29) is 0 Å². The van der Waals surface area contributed by atoms with Crippen molar-refractivity contribution in [2.45, 2.75) is 12.5 Å². The number of likely N-dealkylation sites (N-methyl/N-ethyl adjacent to an activating group) is 1. The molecule has 2 aromatic rings. The van der Waals surface area contributed by atoms with E-state index in [1.807, 2.05) is 43.1 Å². The van der Waals surface area contributed by atoms with Crippen LogP contribution < -0.4 is 5.32 Å². The quantitative estimate of drug-likeness (QED) is 0.893. The Morgan fingerprint density at radius 1 is 1.09 bits per heavy atom. The number of guanidine groups is 1. The van der Waals surface area contributed by atoms with E-state index < -0.39 is 17.2 Å². The summed E-state index contributed by atoms with van der Waals surface area (Å²) in [6, 6.07) is 11.1. The molecule has 3 rings (SSSR count). The highest BCUT2D eigenvalue weighted by molar-refractivity contribution is 5.80. The molecule has 1 aliphatic heterocycles. The van der Waals surface area contributed by atoms with E-state index in [4.69, 9.17) is 5.41 Å². The molecule has 114 valence electrons. The third-order valence-electron chi connectivity index (χ3n) is 4.03. The van der Waals surface area contributed by atoms with Gasteiger partial charge in [-0.15, -0.1) is 0 Å². The predicted octanol–water partition coefficient (Wildman–Crippen LogP) is 3.32. The standard InChI is InChI=1S/C17H17F2N3/c1-17(10-22(2)16(20)21-17)13-5-3-4-11(6-13)12-7-14(18)9-15(19)8-12/h3-9H,10H2,1-2H3,(H2,20,21). The van der Waals surface area contributed by atoms with E-state index >= 15 is 0 Å². The molecular weight excluding hydrogens is 284 g/mol. The summed E-state index contributed by atoms with van der Waals surface area (Å²) in [5.74, 6) is -0.816. The lowest BCUT2D eigenvalue weighted by Gasteiger charge is -2.24. The minimum absolute atomic E-state index is 0.365. The van der Waals surface area contributed by atoms with E-state index in [2.05, 4.69) is 5.32 Å². The van der Waals surface area contributed by atoms with E-state index in [1.54, 1.807) is 0 Å². The Balaban J connectivity index is 2.01. The molecule has 2 aromatic carbocycles. The van der Waals surface area contributed by atoms with Gasteiger partial charge in [-0.3, -0.25) is 5.41 Å². The lowest BCUT2D eigenvalue weighted by atomic mass is 9.90. The third-order valence-corrected chi connectivity index (χ3v) is 4.03. The highest BCUT2D eigenvalue weighted by atomic mass is 19.1. The van der Waals surface area contributed by atoms with Gasteiger partial charge in [-0.1, -0.05) is 18.2 Å². The minimum atomic E-state index is -0.591. The average molecular weight is 301 g/mol. The summed E-state index contributed by atoms with van der Waals surface area (Å²) in [7, 11) is 1.85. The maximum atomic E-state index is 13.4. The second-order valence-corrected chi connectivity index (χ2v) is 5.90. The Kier molecular flexibility index (Phi) is 3.35. The van der Waals surface area contributed by atoms with Crippen LogP contribution in [0.25, 0.3) is 11.1 Å². The Hall–Kier alpha value is -2.43. The number of halogens is 2. The second kappa shape index (κ2) is 5.09. The summed E-state index contributed by atoms with van der Waals surface area (Å²) in [6.45, 7) is 2.67. The molecule has 1 fully saturated rings. The van der Waals surface area contributed by atoms with Gasteiger partial charge >= 0.3 is 0 Å². The summed E-state index contributed by atoms with van der Waals surface area (Å²) in [6.07, 6.45) is 0. The number of nitrogens with one attached hydrogen (secondary N) is 2. The topological polar surface area (TPSA) is 39.1 Å². The van der Waals surface area contributed by atoms with Crippen molar-refractivity contribution in [2.75, 3.05) is 13.6 Å². The SMILES string of the molecule is CN1CC(C)(c2cccc(-c3cc(F)cc(F)c3)c2)NC1=N. The maximum Gasteiger partial charge on any atom is 0.191 e. The van der Waals surface area contributed by atoms with Crippen LogP contribution in [0.2, 0.25) is 0 Å². The first-order chi connectivity index (χ1) is 10.4. The van der Waals surface area contributed by atoms with Crippen LogP contribution in [-0.2, 0) is 5.54 Å². The average Bonchev–Trinajstić information content (AvgIpc) is 2.72. The zero-order valence-electron chi connectivity index (χ0n) is 12.5. The summed E-state index contributed by atoms with van der Waals surface area (Å²) in [5, 5.41) is 11.0. The fourth-order valence-electron chi connectivity index (χ4n) is 2.88. The monoisotopic (exact) mass is 301 g/mol. The van der Waals surface area contributed by atoms with Gasteiger partial charge in [0.15, 0.2) is 5.96 Å². The van der Waals surface area contributed by atoms with E-state index in [9.17, 15) is 8.78 Å². The summed E-state index contributed by atoms with van der Waals surface area (Å²) in [5.41, 5.74) is 1.83. The molecule has 22 heavy (non-hydrogen) atoms. The summed E-state index contributed by atoms with van der Waals surface area (Å²) >= 11 is 0. The normalized spacial score (nSPS) is 21.1. The van der Waals surface area contributed by atoms with Gasteiger partial charge in [0, 0.05) is 19.7 Å². The van der Waals surface area contributed by atoms with Crippen molar-refractivity contribution in [3.8, 4) is 11.1 Å². The molecule has 1 saturated heterocycles. The second-order valence-electron chi connectivity index (χ2n) is 5.90. The van der Waals surface area contributed by atoms with Crippen molar-refractivity contribution < 1.29 is 8.78 Å². The Morgan fingerprint density at radius 2 is 1.77 bits per heavy atom. The Morgan fingerprint density at radius 3 is 2.36 bits per heavy atom. The molecule has 1 heterocycles. The molecule has 2 N–H and O–H groups in total. The van der Waals surface area contributed by atoms with Crippen molar-refractivity contribution in [1.29, 1.82) is 5.41 Å². The van der Waals surface area contributed by atoms with Crippen LogP contribution in [0, 0.1) is 17.0 Å². The van der Waals surface area contributed by atoms with Gasteiger partial charge in [0.2, 0.25) is 0 Å². The molecule has 0 aromatic heterocycles. The van der Waals surface area contributed by atoms with Gasteiger partial charge in [-0.25, -0.2) is 8.78 Å². The van der Waals surface area contributed by atoms with E-state index in [1.165, 1.54) is 12.1 Å². The molecule has 0 saturated carbocycles. The van der Waals surface area contributed by atoms with Gasteiger partial charge in [0.25, 0.3) is 0 Å². The van der Waals surface area contributed by atoms with Crippen molar-refractivity contribution in [3.05, 3.63) is 59.7 Å². The van der Waals surface area contributed by atoms with Gasteiger partial charge in [-0.2, -0.15) is 0 Å². The first-order valence-corrected chi connectivity index (χ1v) is 7.02. The molecule has 0 radical (unpaired) electrons. The summed E-state index contributed by atoms with van der Waals surface area (Å²) < 4.78 is 26.8. The van der Waals surface area contributed by atoms with Crippen LogP contribution in [-0.4, -0.2) is 24.5 Å². The largest absolute Gasteiger partial charge is 0.345 e. The fourth-order valence-corrected chi connectivity index (χ4v) is 2.88. The number of nitrogens with zero attached hydrogens (tertiary/aromatic N) is 1. The van der Waals surface area contributed by atoms with Crippen LogP contribution >= 0.6 is 0 Å². The first kappa shape index (κ1) is 14.5. The highest BCUT2D eigenvalue weighted by Gasteiger charge is 2.36. The highest BCUT2D eigenvalue weighted by Crippen LogP contribution is 2.30. The molecule has 0 aliphatic carbocycles. The predicted molar refractivity (Wildman–Crippen MR) is 82.6 cm³/mol. The zero-order valence-corrected chi connectivity index (χ0v) is 12.5. The Bertz CT molecular complexity index is 724. The van der Waals surface area contributed by atoms with Crippen LogP contribution in [0.15, 0.2) is 42.5 Å². The molecule has 3 nitrogen and oxygen atoms in total. The van der Waals surface area contributed by atoms with Crippen LogP contribution in [0.4, 0.5) is 8.78 Å². The van der Waals surface area contributed by atoms with Gasteiger partial charge in [0.05, 0.1) is 5.54 Å². The molecular formula is C17H17F2N3. The van der Waals surface area contributed by atoms with E-state index in [0.717, 1.165) is 17.2 Å². The van der Waals surface area contributed by atoms with Crippen molar-refractivity contribution in [2.24, 2.45) is 0 Å². The first-order valence-electron chi connectivity index (χ1n) is 7.02. The smallest absolute Gasteiger partial charge is 0.191 e. The van der Waals surface area contributed by atoms with Crippen LogP contribution in [0.1, 0.15) is 12.5 Å². The molecule has 0 spiro atoms. The fraction of sp³-hybridized carbons (Fsp3) is 0.235. The molecule has 0 amide bonds. The number of benzene rings is 2. The molecule has 1 atom stereocenters. The molecule has 0 bridgehead atoms. The maximum absolute atomic E-state index is 13.4. The third kappa shape index (κ3) is 2.54. The zero-order chi connectivity index (χ0) is 15.9. The number of rotatable bonds is 2.